The van der Waals surface area contributed by atoms with Gasteiger partial charge in [0, 0.05) is 38.4 Å². The van der Waals surface area contributed by atoms with E-state index in [1.165, 1.54) is 110 Å². The van der Waals surface area contributed by atoms with Gasteiger partial charge >= 0.3 is 0 Å². The van der Waals surface area contributed by atoms with Crippen LogP contribution in [-0.4, -0.2) is 9.13 Å². The van der Waals surface area contributed by atoms with Crippen molar-refractivity contribution >= 4 is 54.4 Å². The van der Waals surface area contributed by atoms with E-state index in [4.69, 9.17) is 0 Å². The van der Waals surface area contributed by atoms with Crippen molar-refractivity contribution in [3.05, 3.63) is 194 Å². The van der Waals surface area contributed by atoms with Gasteiger partial charge in [0.05, 0.1) is 27.8 Å². The zero-order valence-corrected chi connectivity index (χ0v) is 29.4. The van der Waals surface area contributed by atoms with E-state index in [9.17, 15) is 0 Å². The van der Waals surface area contributed by atoms with Crippen molar-refractivity contribution in [2.24, 2.45) is 0 Å². The van der Waals surface area contributed by atoms with Crippen molar-refractivity contribution in [1.82, 2.24) is 9.13 Å². The Morgan fingerprint density at radius 2 is 0.833 bits per heavy atom. The molecule has 1 aliphatic heterocycles. The van der Waals surface area contributed by atoms with Crippen LogP contribution < -0.4 is 0 Å². The van der Waals surface area contributed by atoms with Gasteiger partial charge < -0.3 is 9.13 Å². The number of aromatic nitrogens is 2. The molecule has 0 radical (unpaired) electrons. The molecule has 9 aromatic carbocycles. The van der Waals surface area contributed by atoms with Crippen molar-refractivity contribution in [3.8, 4) is 55.9 Å². The standard InChI is InChI=1S/C52H32N2/c1-2-12-36-29-39(27-25-33(36)11-1)53-48-18-8-6-16-43(48)45-30-37(26-28-51(45)53)34-21-23-35(24-22-34)38-31-46-41-14-4-3-13-40(41)42-15-5-9-19-49(42)54-50-20-10-7-17-44(50)47(32-38)52(46)54/h1-32H. The molecule has 11 aromatic rings. The van der Waals surface area contributed by atoms with Crippen LogP contribution >= 0.6 is 0 Å². The van der Waals surface area contributed by atoms with Crippen LogP contribution in [0.3, 0.4) is 0 Å². The fourth-order valence-corrected chi connectivity index (χ4v) is 9.17. The first-order valence-electron chi connectivity index (χ1n) is 18.7. The van der Waals surface area contributed by atoms with Gasteiger partial charge in [0.2, 0.25) is 0 Å². The van der Waals surface area contributed by atoms with Gasteiger partial charge in [-0.3, -0.25) is 0 Å². The molecule has 0 unspecified atom stereocenters. The van der Waals surface area contributed by atoms with E-state index in [0.717, 1.165) is 0 Å². The van der Waals surface area contributed by atoms with E-state index in [-0.39, 0.29) is 0 Å². The van der Waals surface area contributed by atoms with Crippen LogP contribution in [-0.2, 0) is 0 Å². The normalized spacial score (nSPS) is 12.1. The second kappa shape index (κ2) is 11.2. The van der Waals surface area contributed by atoms with Gasteiger partial charge in [0.15, 0.2) is 0 Å². The van der Waals surface area contributed by atoms with Crippen molar-refractivity contribution in [2.75, 3.05) is 0 Å². The molecule has 2 heteroatoms. The zero-order valence-electron chi connectivity index (χ0n) is 29.4. The zero-order chi connectivity index (χ0) is 35.3. The predicted molar refractivity (Wildman–Crippen MR) is 228 cm³/mol. The Morgan fingerprint density at radius 1 is 0.278 bits per heavy atom. The number of rotatable bonds is 3. The summed E-state index contributed by atoms with van der Waals surface area (Å²) in [4.78, 5) is 0. The van der Waals surface area contributed by atoms with Crippen molar-refractivity contribution in [3.63, 3.8) is 0 Å². The summed E-state index contributed by atoms with van der Waals surface area (Å²) in [6.07, 6.45) is 0. The van der Waals surface area contributed by atoms with Crippen molar-refractivity contribution in [1.29, 1.82) is 0 Å². The van der Waals surface area contributed by atoms with Gasteiger partial charge in [0.25, 0.3) is 0 Å². The molecule has 0 saturated carbocycles. The average molecular weight is 685 g/mol. The Labute approximate surface area is 312 Å². The number of nitrogens with zero attached hydrogens (tertiary/aromatic N) is 2. The summed E-state index contributed by atoms with van der Waals surface area (Å²) in [7, 11) is 0. The number of hydrogen-bond acceptors (Lipinski definition) is 0. The molecule has 0 fully saturated rings. The first-order valence-corrected chi connectivity index (χ1v) is 18.7. The fraction of sp³-hybridized carbons (Fsp3) is 0. The molecule has 0 amide bonds. The number of para-hydroxylation sites is 3. The third-order valence-corrected chi connectivity index (χ3v) is 11.6. The highest BCUT2D eigenvalue weighted by atomic mass is 15.0. The molecule has 0 spiro atoms. The highest BCUT2D eigenvalue weighted by molar-refractivity contribution is 6.18. The summed E-state index contributed by atoms with van der Waals surface area (Å²) in [5.74, 6) is 0. The van der Waals surface area contributed by atoms with E-state index >= 15 is 0 Å². The molecule has 0 bridgehead atoms. The van der Waals surface area contributed by atoms with Crippen LogP contribution in [0, 0.1) is 0 Å². The molecule has 0 aliphatic carbocycles. The summed E-state index contributed by atoms with van der Waals surface area (Å²) < 4.78 is 4.89. The van der Waals surface area contributed by atoms with Gasteiger partial charge in [-0.25, -0.2) is 0 Å². The first-order chi connectivity index (χ1) is 26.8. The van der Waals surface area contributed by atoms with Crippen LogP contribution in [0.25, 0.3) is 110 Å². The molecule has 1 aliphatic rings. The molecule has 54 heavy (non-hydrogen) atoms. The molecule has 2 aromatic heterocycles. The average Bonchev–Trinajstić information content (AvgIpc) is 3.71. The maximum Gasteiger partial charge on any atom is 0.0620 e. The van der Waals surface area contributed by atoms with E-state index < -0.39 is 0 Å². The van der Waals surface area contributed by atoms with Crippen LogP contribution in [0.5, 0.6) is 0 Å². The molecule has 0 N–H and O–H groups in total. The van der Waals surface area contributed by atoms with Gasteiger partial charge in [-0.15, -0.1) is 0 Å². The lowest BCUT2D eigenvalue weighted by atomic mass is 9.91. The minimum atomic E-state index is 1.18. The van der Waals surface area contributed by atoms with E-state index in [1.807, 2.05) is 0 Å². The lowest BCUT2D eigenvalue weighted by Gasteiger charge is -2.12. The van der Waals surface area contributed by atoms with Gasteiger partial charge in [0.1, 0.15) is 0 Å². The third-order valence-electron chi connectivity index (χ3n) is 11.6. The number of fused-ring (bicyclic) bond motifs is 12. The summed E-state index contributed by atoms with van der Waals surface area (Å²) in [6.45, 7) is 0. The van der Waals surface area contributed by atoms with E-state index in [2.05, 4.69) is 203 Å². The van der Waals surface area contributed by atoms with E-state index in [0.29, 0.717) is 0 Å². The smallest absolute Gasteiger partial charge is 0.0620 e. The van der Waals surface area contributed by atoms with Crippen molar-refractivity contribution in [2.45, 2.75) is 0 Å². The minimum absolute atomic E-state index is 1.18. The van der Waals surface area contributed by atoms with Crippen molar-refractivity contribution < 1.29 is 0 Å². The maximum absolute atomic E-state index is 2.48. The Kier molecular flexibility index (Phi) is 6.09. The second-order valence-electron chi connectivity index (χ2n) is 14.5. The molecular formula is C52H32N2. The predicted octanol–water partition coefficient (Wildman–Crippen LogP) is 14.0. The molecular weight excluding hydrogens is 653 g/mol. The Bertz CT molecular complexity index is 3320. The molecule has 2 nitrogen and oxygen atoms in total. The van der Waals surface area contributed by atoms with Crippen LogP contribution in [0.2, 0.25) is 0 Å². The van der Waals surface area contributed by atoms with Gasteiger partial charge in [-0.2, -0.15) is 0 Å². The third kappa shape index (κ3) is 4.17. The van der Waals surface area contributed by atoms with E-state index in [1.54, 1.807) is 0 Å². The van der Waals surface area contributed by atoms with Crippen LogP contribution in [0.15, 0.2) is 194 Å². The summed E-state index contributed by atoms with van der Waals surface area (Å²) in [5.41, 5.74) is 17.3. The lowest BCUT2D eigenvalue weighted by Crippen LogP contribution is -1.95. The lowest BCUT2D eigenvalue weighted by molar-refractivity contribution is 1.19. The largest absolute Gasteiger partial charge is 0.309 e. The Morgan fingerprint density at radius 3 is 1.63 bits per heavy atom. The molecule has 0 atom stereocenters. The highest BCUT2D eigenvalue weighted by Gasteiger charge is 2.25. The minimum Gasteiger partial charge on any atom is -0.309 e. The second-order valence-corrected chi connectivity index (χ2v) is 14.5. The highest BCUT2D eigenvalue weighted by Crippen LogP contribution is 2.48. The molecule has 250 valence electrons. The number of benzene rings is 9. The van der Waals surface area contributed by atoms with Crippen LogP contribution in [0.1, 0.15) is 0 Å². The SMILES string of the molecule is c1ccc2c(c1)-c1ccccc1-n1c3ccccc3c3cc(-c4ccc(-c5ccc6c(c5)c5ccccc5n6-c5ccc6ccccc6c5)cc4)cc-2c31. The Balaban J connectivity index is 1.00. The first kappa shape index (κ1) is 29.4. The summed E-state index contributed by atoms with van der Waals surface area (Å²) >= 11 is 0. The fourth-order valence-electron chi connectivity index (χ4n) is 9.17. The monoisotopic (exact) mass is 684 g/mol. The molecule has 3 heterocycles. The quantitative estimate of drug-likeness (QED) is 0.175. The number of hydrogen-bond donors (Lipinski definition) is 0. The maximum atomic E-state index is 2.48. The Hall–Kier alpha value is -7.16. The molecule has 0 saturated heterocycles. The van der Waals surface area contributed by atoms with Gasteiger partial charge in [-0.05, 0) is 98.8 Å². The summed E-state index contributed by atoms with van der Waals surface area (Å²) in [5, 5.41) is 7.58. The topological polar surface area (TPSA) is 9.86 Å². The molecule has 12 rings (SSSR count). The van der Waals surface area contributed by atoms with Crippen LogP contribution in [0.4, 0.5) is 0 Å². The summed E-state index contributed by atoms with van der Waals surface area (Å²) in [6, 6.07) is 71.6. The van der Waals surface area contributed by atoms with Gasteiger partial charge in [-0.1, -0.05) is 140 Å².